The molecular weight excluding hydrogens is 247 g/mol. The van der Waals surface area contributed by atoms with Crippen LogP contribution in [0.25, 0.3) is 0 Å². The minimum Gasteiger partial charge on any atom is -0.378 e. The average molecular weight is 260 g/mol. The Labute approximate surface area is 110 Å². The molecule has 0 aliphatic carbocycles. The van der Waals surface area contributed by atoms with Crippen LogP contribution in [0.2, 0.25) is 0 Å². The number of nitro benzene ring substituents is 1. The number of non-ortho nitro benzene ring substituents is 1. The lowest BCUT2D eigenvalue weighted by molar-refractivity contribution is -0.384. The molecule has 0 unspecified atom stereocenters. The van der Waals surface area contributed by atoms with Crippen molar-refractivity contribution in [2.45, 2.75) is 13.5 Å². The maximum atomic E-state index is 13.5. The van der Waals surface area contributed by atoms with E-state index in [9.17, 15) is 14.5 Å². The van der Waals surface area contributed by atoms with Crippen LogP contribution in [0.5, 0.6) is 0 Å². The molecule has 0 atom stereocenters. The van der Waals surface area contributed by atoms with Crippen molar-refractivity contribution in [1.82, 2.24) is 0 Å². The normalized spacial score (nSPS) is 10.2. The molecule has 0 bridgehead atoms. The standard InChI is InChI=1S/C14H13FN2O2/c1-10-2-4-11(5-3-10)9-16-14-8-12(17(18)19)6-7-13(14)15/h2-8,16H,9H2,1H3. The molecule has 2 rings (SSSR count). The lowest BCUT2D eigenvalue weighted by Crippen LogP contribution is -2.02. The van der Waals surface area contributed by atoms with Gasteiger partial charge in [-0.2, -0.15) is 0 Å². The van der Waals surface area contributed by atoms with E-state index in [1.807, 2.05) is 31.2 Å². The minimum atomic E-state index is -0.545. The van der Waals surface area contributed by atoms with E-state index in [0.29, 0.717) is 6.54 Å². The summed E-state index contributed by atoms with van der Waals surface area (Å²) < 4.78 is 13.5. The quantitative estimate of drug-likeness (QED) is 0.674. The zero-order valence-corrected chi connectivity index (χ0v) is 10.4. The van der Waals surface area contributed by atoms with Crippen LogP contribution in [0.15, 0.2) is 42.5 Å². The van der Waals surface area contributed by atoms with E-state index < -0.39 is 10.7 Å². The molecule has 0 saturated carbocycles. The third kappa shape index (κ3) is 3.28. The molecule has 0 fully saturated rings. The smallest absolute Gasteiger partial charge is 0.271 e. The number of hydrogen-bond acceptors (Lipinski definition) is 3. The van der Waals surface area contributed by atoms with Crippen molar-refractivity contribution in [2.75, 3.05) is 5.32 Å². The highest BCUT2D eigenvalue weighted by Crippen LogP contribution is 2.21. The Balaban J connectivity index is 2.12. The molecule has 0 heterocycles. The number of nitro groups is 1. The summed E-state index contributed by atoms with van der Waals surface area (Å²) in [6, 6.07) is 11.2. The van der Waals surface area contributed by atoms with Crippen LogP contribution >= 0.6 is 0 Å². The van der Waals surface area contributed by atoms with Crippen molar-refractivity contribution in [2.24, 2.45) is 0 Å². The Kier molecular flexibility index (Phi) is 3.75. The molecule has 0 spiro atoms. The maximum absolute atomic E-state index is 13.5. The van der Waals surface area contributed by atoms with Gasteiger partial charge in [0.15, 0.2) is 0 Å². The largest absolute Gasteiger partial charge is 0.378 e. The number of nitrogens with one attached hydrogen (secondary N) is 1. The van der Waals surface area contributed by atoms with Crippen molar-refractivity contribution < 1.29 is 9.31 Å². The Morgan fingerprint density at radius 2 is 1.89 bits per heavy atom. The van der Waals surface area contributed by atoms with Gasteiger partial charge in [0.1, 0.15) is 5.82 Å². The summed E-state index contributed by atoms with van der Waals surface area (Å²) in [6.07, 6.45) is 0. The number of anilines is 1. The highest BCUT2D eigenvalue weighted by atomic mass is 19.1. The van der Waals surface area contributed by atoms with Gasteiger partial charge in [0, 0.05) is 18.7 Å². The number of benzene rings is 2. The molecule has 2 aromatic rings. The zero-order chi connectivity index (χ0) is 13.8. The molecule has 0 amide bonds. The van der Waals surface area contributed by atoms with Crippen LogP contribution in [-0.2, 0) is 6.54 Å². The Morgan fingerprint density at radius 3 is 2.53 bits per heavy atom. The Bertz CT molecular complexity index is 597. The van der Waals surface area contributed by atoms with Crippen LogP contribution in [-0.4, -0.2) is 4.92 Å². The maximum Gasteiger partial charge on any atom is 0.271 e. The summed E-state index contributed by atoms with van der Waals surface area (Å²) in [5, 5.41) is 13.5. The second kappa shape index (κ2) is 5.48. The molecule has 0 saturated heterocycles. The molecule has 2 aromatic carbocycles. The molecule has 0 aliphatic heterocycles. The third-order valence-corrected chi connectivity index (χ3v) is 2.76. The van der Waals surface area contributed by atoms with Crippen molar-refractivity contribution in [3.05, 3.63) is 69.5 Å². The number of aryl methyl sites for hydroxylation is 1. The van der Waals surface area contributed by atoms with Gasteiger partial charge < -0.3 is 5.32 Å². The summed E-state index contributed by atoms with van der Waals surface area (Å²) in [4.78, 5) is 10.1. The molecular formula is C14H13FN2O2. The molecule has 0 radical (unpaired) electrons. The van der Waals surface area contributed by atoms with Crippen molar-refractivity contribution in [3.8, 4) is 0 Å². The van der Waals surface area contributed by atoms with Gasteiger partial charge in [-0.1, -0.05) is 29.8 Å². The molecule has 0 aromatic heterocycles. The van der Waals surface area contributed by atoms with Crippen LogP contribution in [0.1, 0.15) is 11.1 Å². The lowest BCUT2D eigenvalue weighted by Gasteiger charge is -2.07. The molecule has 98 valence electrons. The van der Waals surface area contributed by atoms with E-state index in [2.05, 4.69) is 5.32 Å². The van der Waals surface area contributed by atoms with E-state index in [1.165, 1.54) is 6.07 Å². The molecule has 19 heavy (non-hydrogen) atoms. The van der Waals surface area contributed by atoms with Crippen LogP contribution in [0, 0.1) is 22.9 Å². The predicted molar refractivity (Wildman–Crippen MR) is 71.6 cm³/mol. The Morgan fingerprint density at radius 1 is 1.21 bits per heavy atom. The molecule has 0 aliphatic rings. The second-order valence-corrected chi connectivity index (χ2v) is 4.26. The van der Waals surface area contributed by atoms with E-state index in [0.717, 1.165) is 23.3 Å². The van der Waals surface area contributed by atoms with E-state index in [1.54, 1.807) is 0 Å². The van der Waals surface area contributed by atoms with Gasteiger partial charge in [0.05, 0.1) is 10.6 Å². The van der Waals surface area contributed by atoms with E-state index in [-0.39, 0.29) is 11.4 Å². The molecule has 4 nitrogen and oxygen atoms in total. The van der Waals surface area contributed by atoms with Crippen LogP contribution < -0.4 is 5.32 Å². The topological polar surface area (TPSA) is 55.2 Å². The summed E-state index contributed by atoms with van der Waals surface area (Å²) in [7, 11) is 0. The monoisotopic (exact) mass is 260 g/mol. The SMILES string of the molecule is Cc1ccc(CNc2cc([N+](=O)[O-])ccc2F)cc1. The van der Waals surface area contributed by atoms with E-state index >= 15 is 0 Å². The Hall–Kier alpha value is -2.43. The van der Waals surface area contributed by atoms with Crippen molar-refractivity contribution >= 4 is 11.4 Å². The predicted octanol–water partition coefficient (Wildman–Crippen LogP) is 3.65. The van der Waals surface area contributed by atoms with Gasteiger partial charge >= 0.3 is 0 Å². The fourth-order valence-corrected chi connectivity index (χ4v) is 1.67. The first-order valence-electron chi connectivity index (χ1n) is 5.79. The zero-order valence-electron chi connectivity index (χ0n) is 10.4. The summed E-state index contributed by atoms with van der Waals surface area (Å²) in [6.45, 7) is 2.40. The minimum absolute atomic E-state index is 0.132. The molecule has 5 heteroatoms. The van der Waals surface area contributed by atoms with Gasteiger partial charge in [0.2, 0.25) is 0 Å². The van der Waals surface area contributed by atoms with Crippen molar-refractivity contribution in [1.29, 1.82) is 0 Å². The third-order valence-electron chi connectivity index (χ3n) is 2.76. The van der Waals surface area contributed by atoms with Gasteiger partial charge in [-0.25, -0.2) is 4.39 Å². The highest BCUT2D eigenvalue weighted by molar-refractivity contribution is 5.52. The first kappa shape index (κ1) is 13.0. The number of halogens is 1. The number of rotatable bonds is 4. The first-order chi connectivity index (χ1) is 9.06. The summed E-state index contributed by atoms with van der Waals surface area (Å²) >= 11 is 0. The lowest BCUT2D eigenvalue weighted by atomic mass is 10.1. The highest BCUT2D eigenvalue weighted by Gasteiger charge is 2.10. The van der Waals surface area contributed by atoms with Crippen molar-refractivity contribution in [3.63, 3.8) is 0 Å². The van der Waals surface area contributed by atoms with Crippen LogP contribution in [0.4, 0.5) is 15.8 Å². The van der Waals surface area contributed by atoms with Gasteiger partial charge in [-0.3, -0.25) is 10.1 Å². The van der Waals surface area contributed by atoms with Gasteiger partial charge in [0.25, 0.3) is 5.69 Å². The number of hydrogen-bond donors (Lipinski definition) is 1. The van der Waals surface area contributed by atoms with Crippen LogP contribution in [0.3, 0.4) is 0 Å². The molecule has 1 N–H and O–H groups in total. The first-order valence-corrected chi connectivity index (χ1v) is 5.79. The van der Waals surface area contributed by atoms with Gasteiger partial charge in [-0.05, 0) is 18.6 Å². The van der Waals surface area contributed by atoms with E-state index in [4.69, 9.17) is 0 Å². The van der Waals surface area contributed by atoms with Gasteiger partial charge in [-0.15, -0.1) is 0 Å². The fourth-order valence-electron chi connectivity index (χ4n) is 1.67. The summed E-state index contributed by atoms with van der Waals surface area (Å²) in [5.41, 5.74) is 2.13. The second-order valence-electron chi connectivity index (χ2n) is 4.26. The average Bonchev–Trinajstić information content (AvgIpc) is 2.39. The summed E-state index contributed by atoms with van der Waals surface area (Å²) in [5.74, 6) is -0.502. The number of nitrogens with zero attached hydrogens (tertiary/aromatic N) is 1. The fraction of sp³-hybridized carbons (Fsp3) is 0.143.